The van der Waals surface area contributed by atoms with Crippen LogP contribution < -0.4 is 5.73 Å². The molecule has 0 aliphatic heterocycles. The molecule has 0 bridgehead atoms. The van der Waals surface area contributed by atoms with Crippen molar-refractivity contribution >= 4 is 40.4 Å². The zero-order valence-corrected chi connectivity index (χ0v) is 12.8. The monoisotopic (exact) mass is 324 g/mol. The van der Waals surface area contributed by atoms with Crippen molar-refractivity contribution in [2.75, 3.05) is 5.73 Å². The Bertz CT molecular complexity index is 779. The molecule has 1 aromatic carbocycles. The lowest BCUT2D eigenvalue weighted by Crippen LogP contribution is -1.89. The fourth-order valence-electron chi connectivity index (χ4n) is 1.98. The van der Waals surface area contributed by atoms with Crippen LogP contribution in [-0.2, 0) is 0 Å². The van der Waals surface area contributed by atoms with E-state index in [1.54, 1.807) is 29.7 Å². The van der Waals surface area contributed by atoms with Crippen LogP contribution in [0.3, 0.4) is 0 Å². The van der Waals surface area contributed by atoms with Crippen LogP contribution in [0.2, 0.25) is 10.0 Å². The summed E-state index contributed by atoms with van der Waals surface area (Å²) in [5, 5.41) is 9.12. The van der Waals surface area contributed by atoms with Crippen LogP contribution in [0.5, 0.6) is 0 Å². The molecule has 7 heteroatoms. The zero-order valence-electron chi connectivity index (χ0n) is 10.4. The maximum absolute atomic E-state index is 6.26. The first-order valence-electron chi connectivity index (χ1n) is 5.78. The number of H-pyrrole nitrogens is 1. The standard InChI is InChI=1S/C13H10Cl2N4S/c1-6-17-5-10(20-6)12-11(13(16)19-18-12)8-3-2-7(14)4-9(8)15/h2-5H,1H3,(H3,16,18,19). The van der Waals surface area contributed by atoms with E-state index in [0.29, 0.717) is 15.9 Å². The van der Waals surface area contributed by atoms with Gasteiger partial charge in [-0.1, -0.05) is 29.3 Å². The average molecular weight is 325 g/mol. The van der Waals surface area contributed by atoms with E-state index >= 15 is 0 Å². The first kappa shape index (κ1) is 13.4. The van der Waals surface area contributed by atoms with E-state index in [-0.39, 0.29) is 0 Å². The maximum Gasteiger partial charge on any atom is 0.153 e. The van der Waals surface area contributed by atoms with Crippen molar-refractivity contribution in [3.8, 4) is 21.7 Å². The third-order valence-electron chi connectivity index (χ3n) is 2.86. The van der Waals surface area contributed by atoms with Crippen LogP contribution in [-0.4, -0.2) is 15.2 Å². The van der Waals surface area contributed by atoms with Gasteiger partial charge in [0.1, 0.15) is 0 Å². The van der Waals surface area contributed by atoms with Crippen molar-refractivity contribution in [2.24, 2.45) is 0 Å². The van der Waals surface area contributed by atoms with Crippen molar-refractivity contribution in [1.29, 1.82) is 0 Å². The Morgan fingerprint density at radius 1 is 1.30 bits per heavy atom. The summed E-state index contributed by atoms with van der Waals surface area (Å²) in [6.45, 7) is 1.95. The Morgan fingerprint density at radius 2 is 2.10 bits per heavy atom. The van der Waals surface area contributed by atoms with Crippen molar-refractivity contribution in [1.82, 2.24) is 15.2 Å². The van der Waals surface area contributed by atoms with E-state index in [4.69, 9.17) is 28.9 Å². The van der Waals surface area contributed by atoms with Crippen LogP contribution >= 0.6 is 34.5 Å². The molecule has 2 aromatic heterocycles. The van der Waals surface area contributed by atoms with Gasteiger partial charge in [0, 0.05) is 16.8 Å². The van der Waals surface area contributed by atoms with Gasteiger partial charge in [-0.2, -0.15) is 5.10 Å². The fourth-order valence-corrected chi connectivity index (χ4v) is 3.26. The number of nitrogens with one attached hydrogen (secondary N) is 1. The highest BCUT2D eigenvalue weighted by Gasteiger charge is 2.18. The molecule has 20 heavy (non-hydrogen) atoms. The molecule has 0 atom stereocenters. The quantitative estimate of drug-likeness (QED) is 0.734. The molecule has 3 aromatic rings. The van der Waals surface area contributed by atoms with Crippen molar-refractivity contribution in [3.05, 3.63) is 39.4 Å². The van der Waals surface area contributed by atoms with Gasteiger partial charge >= 0.3 is 0 Å². The van der Waals surface area contributed by atoms with Gasteiger partial charge in [-0.25, -0.2) is 4.98 Å². The SMILES string of the molecule is Cc1ncc(-c2[nH]nc(N)c2-c2ccc(Cl)cc2Cl)s1. The molecule has 2 heterocycles. The molecule has 3 N–H and O–H groups in total. The molecule has 0 aliphatic rings. The Morgan fingerprint density at radius 3 is 2.75 bits per heavy atom. The van der Waals surface area contributed by atoms with Crippen LogP contribution in [0.1, 0.15) is 5.01 Å². The number of halogens is 2. The van der Waals surface area contributed by atoms with Crippen LogP contribution in [0.4, 0.5) is 5.82 Å². The van der Waals surface area contributed by atoms with Gasteiger partial charge in [0.25, 0.3) is 0 Å². The van der Waals surface area contributed by atoms with E-state index < -0.39 is 0 Å². The number of nitrogens with two attached hydrogens (primary N) is 1. The molecule has 0 aliphatic carbocycles. The molecular formula is C13H10Cl2N4S. The van der Waals surface area contributed by atoms with E-state index in [9.17, 15) is 0 Å². The number of aryl methyl sites for hydroxylation is 1. The zero-order chi connectivity index (χ0) is 14.3. The third-order valence-corrected chi connectivity index (χ3v) is 4.34. The highest BCUT2D eigenvalue weighted by molar-refractivity contribution is 7.15. The van der Waals surface area contributed by atoms with Gasteiger partial charge < -0.3 is 5.73 Å². The number of benzene rings is 1. The summed E-state index contributed by atoms with van der Waals surface area (Å²) >= 11 is 13.8. The van der Waals surface area contributed by atoms with Gasteiger partial charge in [0.05, 0.1) is 26.2 Å². The molecule has 102 valence electrons. The minimum absolute atomic E-state index is 0.398. The summed E-state index contributed by atoms with van der Waals surface area (Å²) in [5.41, 5.74) is 8.36. The Balaban J connectivity index is 2.21. The average Bonchev–Trinajstić information content (AvgIpc) is 2.96. The van der Waals surface area contributed by atoms with Gasteiger partial charge in [0.15, 0.2) is 5.82 Å². The molecule has 3 rings (SSSR count). The van der Waals surface area contributed by atoms with E-state index in [2.05, 4.69) is 15.2 Å². The number of rotatable bonds is 2. The van der Waals surface area contributed by atoms with Gasteiger partial charge in [-0.05, 0) is 19.1 Å². The fraction of sp³-hybridized carbons (Fsp3) is 0.0769. The maximum atomic E-state index is 6.26. The summed E-state index contributed by atoms with van der Waals surface area (Å²) in [5.74, 6) is 0.398. The largest absolute Gasteiger partial charge is 0.382 e. The second-order valence-corrected chi connectivity index (χ2v) is 6.30. The molecule has 4 nitrogen and oxygen atoms in total. The third kappa shape index (κ3) is 2.28. The lowest BCUT2D eigenvalue weighted by Gasteiger charge is -2.05. The number of hydrogen-bond donors (Lipinski definition) is 2. The highest BCUT2D eigenvalue weighted by atomic mass is 35.5. The molecular weight excluding hydrogens is 315 g/mol. The van der Waals surface area contributed by atoms with E-state index in [1.807, 2.05) is 13.0 Å². The number of nitrogens with zero attached hydrogens (tertiary/aromatic N) is 2. The lowest BCUT2D eigenvalue weighted by atomic mass is 10.0. The summed E-state index contributed by atoms with van der Waals surface area (Å²) < 4.78 is 0. The van der Waals surface area contributed by atoms with Crippen molar-refractivity contribution < 1.29 is 0 Å². The molecule has 0 fully saturated rings. The molecule has 0 unspecified atom stereocenters. The highest BCUT2D eigenvalue weighted by Crippen LogP contribution is 2.40. The van der Waals surface area contributed by atoms with Gasteiger partial charge in [0.2, 0.25) is 0 Å². The smallest absolute Gasteiger partial charge is 0.153 e. The number of aromatic nitrogens is 3. The molecule has 0 saturated carbocycles. The first-order valence-corrected chi connectivity index (χ1v) is 7.35. The topological polar surface area (TPSA) is 67.6 Å². The second-order valence-electron chi connectivity index (χ2n) is 4.23. The Hall–Kier alpha value is -1.56. The first-order chi connectivity index (χ1) is 9.56. The number of hydrogen-bond acceptors (Lipinski definition) is 4. The van der Waals surface area contributed by atoms with Crippen LogP contribution in [0, 0.1) is 6.92 Å². The summed E-state index contributed by atoms with van der Waals surface area (Å²) in [4.78, 5) is 5.21. The number of anilines is 1. The molecule has 0 radical (unpaired) electrons. The van der Waals surface area contributed by atoms with Crippen LogP contribution in [0.15, 0.2) is 24.4 Å². The molecule has 0 spiro atoms. The normalized spacial score (nSPS) is 10.9. The number of thiazole rings is 1. The number of nitrogen functional groups attached to an aromatic ring is 1. The minimum Gasteiger partial charge on any atom is -0.382 e. The number of aromatic amines is 1. The van der Waals surface area contributed by atoms with E-state index in [1.165, 1.54) is 0 Å². The predicted molar refractivity (Wildman–Crippen MR) is 84.3 cm³/mol. The lowest BCUT2D eigenvalue weighted by molar-refractivity contribution is 1.10. The minimum atomic E-state index is 0.398. The van der Waals surface area contributed by atoms with E-state index in [0.717, 1.165) is 26.7 Å². The van der Waals surface area contributed by atoms with Gasteiger partial charge in [-0.15, -0.1) is 11.3 Å². The second kappa shape index (κ2) is 5.09. The Labute approximate surface area is 129 Å². The van der Waals surface area contributed by atoms with Crippen molar-refractivity contribution in [2.45, 2.75) is 6.92 Å². The Kier molecular flexibility index (Phi) is 3.41. The van der Waals surface area contributed by atoms with Crippen molar-refractivity contribution in [3.63, 3.8) is 0 Å². The van der Waals surface area contributed by atoms with Gasteiger partial charge in [-0.3, -0.25) is 5.10 Å². The summed E-state index contributed by atoms with van der Waals surface area (Å²) in [6, 6.07) is 5.30. The summed E-state index contributed by atoms with van der Waals surface area (Å²) in [7, 11) is 0. The van der Waals surface area contributed by atoms with Crippen LogP contribution in [0.25, 0.3) is 21.7 Å². The molecule has 0 amide bonds. The summed E-state index contributed by atoms with van der Waals surface area (Å²) in [6.07, 6.45) is 1.79. The predicted octanol–water partition coefficient (Wildman–Crippen LogP) is 4.40. The molecule has 0 saturated heterocycles.